The number of hydrogen-bond donors (Lipinski definition) is 1. The van der Waals surface area contributed by atoms with E-state index in [4.69, 9.17) is 0 Å². The predicted octanol–water partition coefficient (Wildman–Crippen LogP) is 3.60. The van der Waals surface area contributed by atoms with Gasteiger partial charge in [0.1, 0.15) is 0 Å². The third-order valence-corrected chi connectivity index (χ3v) is 4.06. The molecule has 2 heteroatoms. The van der Waals surface area contributed by atoms with Gasteiger partial charge in [0, 0.05) is 12.6 Å². The van der Waals surface area contributed by atoms with Crippen LogP contribution in [0.25, 0.3) is 0 Å². The van der Waals surface area contributed by atoms with Crippen LogP contribution < -0.4 is 5.32 Å². The summed E-state index contributed by atoms with van der Waals surface area (Å²) in [6, 6.07) is 11.5. The molecule has 0 bridgehead atoms. The van der Waals surface area contributed by atoms with Crippen LogP contribution in [0.3, 0.4) is 0 Å². The van der Waals surface area contributed by atoms with Crippen LogP contribution in [0, 0.1) is 0 Å². The summed E-state index contributed by atoms with van der Waals surface area (Å²) < 4.78 is 0. The molecule has 0 radical (unpaired) electrons. The Kier molecular flexibility index (Phi) is 6.38. The summed E-state index contributed by atoms with van der Waals surface area (Å²) in [5, 5.41) is 3.65. The summed E-state index contributed by atoms with van der Waals surface area (Å²) in [5.41, 5.74) is 1.47. The molecule has 0 aliphatic carbocycles. The Labute approximate surface area is 118 Å². The number of nitrogens with zero attached hydrogens (tertiary/aromatic N) is 1. The molecule has 1 fully saturated rings. The quantitative estimate of drug-likeness (QED) is 0.718. The highest BCUT2D eigenvalue weighted by molar-refractivity contribution is 5.19. The molecule has 0 saturated carbocycles. The lowest BCUT2D eigenvalue weighted by atomic mass is 10.1. The lowest BCUT2D eigenvalue weighted by molar-refractivity contribution is 0.238. The minimum absolute atomic E-state index is 0.560. The minimum atomic E-state index is 0.560. The van der Waals surface area contributed by atoms with Gasteiger partial charge in [-0.3, -0.25) is 4.90 Å². The van der Waals surface area contributed by atoms with Gasteiger partial charge in [-0.05, 0) is 44.5 Å². The molecule has 1 atom stereocenters. The van der Waals surface area contributed by atoms with Crippen LogP contribution in [0.1, 0.15) is 50.6 Å². The Morgan fingerprint density at radius 2 is 1.84 bits per heavy atom. The second kappa shape index (κ2) is 8.34. The molecule has 1 heterocycles. The second-order valence-corrected chi connectivity index (χ2v) is 5.58. The monoisotopic (exact) mass is 260 g/mol. The molecule has 2 nitrogen and oxygen atoms in total. The third-order valence-electron chi connectivity index (χ3n) is 4.06. The molecule has 1 unspecified atom stereocenters. The van der Waals surface area contributed by atoms with E-state index in [0.29, 0.717) is 6.04 Å². The normalized spacial score (nSPS) is 17.7. The van der Waals surface area contributed by atoms with Crippen molar-refractivity contribution in [2.45, 2.75) is 45.1 Å². The molecular weight excluding hydrogens is 232 g/mol. The molecule has 1 N–H and O–H groups in total. The van der Waals surface area contributed by atoms with Crippen molar-refractivity contribution in [1.82, 2.24) is 10.2 Å². The fourth-order valence-electron chi connectivity index (χ4n) is 2.93. The van der Waals surface area contributed by atoms with Gasteiger partial charge in [-0.2, -0.15) is 0 Å². The Morgan fingerprint density at radius 1 is 1.11 bits per heavy atom. The molecule has 0 spiro atoms. The van der Waals surface area contributed by atoms with Crippen molar-refractivity contribution in [3.05, 3.63) is 35.9 Å². The molecular formula is C17H28N2. The van der Waals surface area contributed by atoms with Crippen molar-refractivity contribution in [2.24, 2.45) is 0 Å². The summed E-state index contributed by atoms with van der Waals surface area (Å²) >= 11 is 0. The summed E-state index contributed by atoms with van der Waals surface area (Å²) in [6.45, 7) is 7.03. The lowest BCUT2D eigenvalue weighted by Crippen LogP contribution is -2.34. The molecule has 106 valence electrons. The molecule has 19 heavy (non-hydrogen) atoms. The molecule has 1 saturated heterocycles. The smallest absolute Gasteiger partial charge is 0.0472 e. The topological polar surface area (TPSA) is 15.3 Å². The maximum atomic E-state index is 3.65. The molecule has 0 aromatic heterocycles. The number of benzene rings is 1. The van der Waals surface area contributed by atoms with Crippen molar-refractivity contribution in [3.8, 4) is 0 Å². The fourth-order valence-corrected chi connectivity index (χ4v) is 2.93. The highest BCUT2D eigenvalue weighted by Gasteiger charge is 2.22. The highest BCUT2D eigenvalue weighted by Crippen LogP contribution is 2.24. The standard InChI is InChI=1S/C17H28N2/c1-2-3-7-12-18-15-17(19-13-8-9-14-19)16-10-5-4-6-11-16/h4-6,10-11,17-18H,2-3,7-9,12-15H2,1H3. The Balaban J connectivity index is 1.87. The molecule has 0 amide bonds. The van der Waals surface area contributed by atoms with Crippen LogP contribution >= 0.6 is 0 Å². The van der Waals surface area contributed by atoms with Crippen molar-refractivity contribution in [2.75, 3.05) is 26.2 Å². The average Bonchev–Trinajstić information content (AvgIpc) is 2.98. The summed E-state index contributed by atoms with van der Waals surface area (Å²) in [7, 11) is 0. The van der Waals surface area contributed by atoms with Gasteiger partial charge in [0.05, 0.1) is 0 Å². The average molecular weight is 260 g/mol. The van der Waals surface area contributed by atoms with Crippen LogP contribution in [0.15, 0.2) is 30.3 Å². The number of unbranched alkanes of at least 4 members (excludes halogenated alkanes) is 2. The number of nitrogens with one attached hydrogen (secondary N) is 1. The summed E-state index contributed by atoms with van der Waals surface area (Å²) in [4.78, 5) is 2.64. The van der Waals surface area contributed by atoms with Crippen LogP contribution in [-0.4, -0.2) is 31.1 Å². The largest absolute Gasteiger partial charge is 0.315 e. The predicted molar refractivity (Wildman–Crippen MR) is 82.4 cm³/mol. The van der Waals surface area contributed by atoms with Gasteiger partial charge in [-0.15, -0.1) is 0 Å². The van der Waals surface area contributed by atoms with Gasteiger partial charge in [0.15, 0.2) is 0 Å². The summed E-state index contributed by atoms with van der Waals surface area (Å²) in [5.74, 6) is 0. The van der Waals surface area contributed by atoms with E-state index in [1.54, 1.807) is 0 Å². The van der Waals surface area contributed by atoms with E-state index in [-0.39, 0.29) is 0 Å². The van der Waals surface area contributed by atoms with Crippen molar-refractivity contribution >= 4 is 0 Å². The van der Waals surface area contributed by atoms with E-state index >= 15 is 0 Å². The van der Waals surface area contributed by atoms with Gasteiger partial charge in [0.2, 0.25) is 0 Å². The minimum Gasteiger partial charge on any atom is -0.315 e. The molecule has 1 aromatic rings. The Morgan fingerprint density at radius 3 is 2.53 bits per heavy atom. The van der Waals surface area contributed by atoms with Crippen molar-refractivity contribution in [1.29, 1.82) is 0 Å². The first-order valence-electron chi connectivity index (χ1n) is 7.91. The number of likely N-dealkylation sites (tertiary alicyclic amines) is 1. The van der Waals surface area contributed by atoms with E-state index in [9.17, 15) is 0 Å². The maximum absolute atomic E-state index is 3.65. The van der Waals surface area contributed by atoms with E-state index in [1.807, 2.05) is 0 Å². The van der Waals surface area contributed by atoms with Gasteiger partial charge < -0.3 is 5.32 Å². The van der Waals surface area contributed by atoms with Crippen LogP contribution in [-0.2, 0) is 0 Å². The molecule has 1 aliphatic rings. The second-order valence-electron chi connectivity index (χ2n) is 5.58. The zero-order valence-corrected chi connectivity index (χ0v) is 12.3. The lowest BCUT2D eigenvalue weighted by Gasteiger charge is -2.28. The summed E-state index contributed by atoms with van der Waals surface area (Å²) in [6.07, 6.45) is 6.67. The molecule has 1 aliphatic heterocycles. The highest BCUT2D eigenvalue weighted by atomic mass is 15.2. The molecule has 1 aromatic carbocycles. The van der Waals surface area contributed by atoms with Crippen molar-refractivity contribution in [3.63, 3.8) is 0 Å². The van der Waals surface area contributed by atoms with Gasteiger partial charge in [-0.25, -0.2) is 0 Å². The fraction of sp³-hybridized carbons (Fsp3) is 0.647. The van der Waals surface area contributed by atoms with Crippen LogP contribution in [0.2, 0.25) is 0 Å². The molecule has 2 rings (SSSR count). The first-order valence-corrected chi connectivity index (χ1v) is 7.91. The first-order chi connectivity index (χ1) is 9.42. The van der Waals surface area contributed by atoms with E-state index < -0.39 is 0 Å². The SMILES string of the molecule is CCCCCNCC(c1ccccc1)N1CCCC1. The van der Waals surface area contributed by atoms with E-state index in [0.717, 1.165) is 13.1 Å². The van der Waals surface area contributed by atoms with Crippen LogP contribution in [0.4, 0.5) is 0 Å². The first kappa shape index (κ1) is 14.5. The Hall–Kier alpha value is -0.860. The van der Waals surface area contributed by atoms with Crippen molar-refractivity contribution < 1.29 is 0 Å². The van der Waals surface area contributed by atoms with Crippen LogP contribution in [0.5, 0.6) is 0 Å². The zero-order valence-electron chi connectivity index (χ0n) is 12.3. The number of hydrogen-bond acceptors (Lipinski definition) is 2. The van der Waals surface area contributed by atoms with E-state index in [1.165, 1.54) is 50.8 Å². The third kappa shape index (κ3) is 4.63. The number of rotatable bonds is 8. The zero-order chi connectivity index (χ0) is 13.3. The van der Waals surface area contributed by atoms with E-state index in [2.05, 4.69) is 47.5 Å². The van der Waals surface area contributed by atoms with Gasteiger partial charge >= 0.3 is 0 Å². The Bertz CT molecular complexity index is 330. The maximum Gasteiger partial charge on any atom is 0.0472 e. The van der Waals surface area contributed by atoms with Gasteiger partial charge in [-0.1, -0.05) is 50.1 Å². The van der Waals surface area contributed by atoms with Gasteiger partial charge in [0.25, 0.3) is 0 Å².